The molecular weight excluding hydrogens is 775 g/mol. The Labute approximate surface area is 354 Å². The summed E-state index contributed by atoms with van der Waals surface area (Å²) >= 11 is 0. The third kappa shape index (κ3) is 28.6. The zero-order valence-electron chi connectivity index (χ0n) is 35.8. The summed E-state index contributed by atoms with van der Waals surface area (Å²) in [5.41, 5.74) is 0. The van der Waals surface area contributed by atoms with Crippen molar-refractivity contribution in [2.75, 3.05) is 19.8 Å². The summed E-state index contributed by atoms with van der Waals surface area (Å²) in [6.07, 6.45) is 35.3. The minimum absolute atomic E-state index is 0.125. The molecule has 338 valence electrons. The SMILES string of the molecule is CC/C=C\C/C=C\C/C=C\C/C=C\C/C=C\C/C=C\CCCOCC(COP(=O)(O)OC1C(O)C(O)C(O)C(O)C1O)OC(=O)CCCCCCC/C=C\CCCCC. The van der Waals surface area contributed by atoms with Gasteiger partial charge in [0.2, 0.25) is 0 Å². The lowest BCUT2D eigenvalue weighted by atomic mass is 9.85. The molecular formula is C46H77O12P. The Balaban J connectivity index is 2.47. The summed E-state index contributed by atoms with van der Waals surface area (Å²) < 4.78 is 34.0. The first-order valence-corrected chi connectivity index (χ1v) is 23.4. The lowest BCUT2D eigenvalue weighted by Gasteiger charge is -2.41. The van der Waals surface area contributed by atoms with E-state index in [0.29, 0.717) is 19.4 Å². The van der Waals surface area contributed by atoms with Crippen LogP contribution >= 0.6 is 7.82 Å². The highest BCUT2D eigenvalue weighted by Crippen LogP contribution is 2.47. The van der Waals surface area contributed by atoms with Crippen LogP contribution in [0.4, 0.5) is 0 Å². The molecule has 0 amide bonds. The van der Waals surface area contributed by atoms with E-state index in [1.165, 1.54) is 19.3 Å². The van der Waals surface area contributed by atoms with E-state index < -0.39 is 63.1 Å². The van der Waals surface area contributed by atoms with Crippen molar-refractivity contribution in [3.63, 3.8) is 0 Å². The summed E-state index contributed by atoms with van der Waals surface area (Å²) in [4.78, 5) is 23.1. The van der Waals surface area contributed by atoms with Crippen LogP contribution in [-0.4, -0.2) is 98.9 Å². The predicted octanol–water partition coefficient (Wildman–Crippen LogP) is 8.58. The number of hydrogen-bond donors (Lipinski definition) is 6. The van der Waals surface area contributed by atoms with Gasteiger partial charge in [0, 0.05) is 13.0 Å². The average Bonchev–Trinajstić information content (AvgIpc) is 3.22. The maximum Gasteiger partial charge on any atom is 0.472 e. The molecule has 0 saturated heterocycles. The number of esters is 1. The molecule has 0 spiro atoms. The number of carbonyl (C=O) groups is 1. The zero-order chi connectivity index (χ0) is 43.4. The van der Waals surface area contributed by atoms with Gasteiger partial charge >= 0.3 is 13.8 Å². The van der Waals surface area contributed by atoms with Gasteiger partial charge in [-0.15, -0.1) is 0 Å². The van der Waals surface area contributed by atoms with Crippen LogP contribution in [0.25, 0.3) is 0 Å². The smallest absolute Gasteiger partial charge is 0.457 e. The molecule has 6 atom stereocenters. The molecule has 0 bridgehead atoms. The van der Waals surface area contributed by atoms with Crippen LogP contribution in [0.5, 0.6) is 0 Å². The molecule has 0 aromatic carbocycles. The normalized spacial score (nSPS) is 23.3. The maximum atomic E-state index is 12.8. The number of ether oxygens (including phenoxy) is 2. The van der Waals surface area contributed by atoms with Crippen LogP contribution in [0.3, 0.4) is 0 Å². The number of phosphoric ester groups is 1. The first-order chi connectivity index (χ1) is 28.5. The molecule has 13 heteroatoms. The molecule has 6 N–H and O–H groups in total. The van der Waals surface area contributed by atoms with Crippen molar-refractivity contribution in [2.45, 2.75) is 179 Å². The summed E-state index contributed by atoms with van der Waals surface area (Å²) in [6.45, 7) is 3.93. The fraction of sp³-hybridized carbons (Fsp3) is 0.674. The average molecular weight is 853 g/mol. The summed E-state index contributed by atoms with van der Waals surface area (Å²) in [7, 11) is -5.04. The topological polar surface area (TPSA) is 192 Å². The molecule has 0 aliphatic heterocycles. The largest absolute Gasteiger partial charge is 0.472 e. The number of aliphatic hydroxyl groups is 5. The quantitative estimate of drug-likeness (QED) is 0.0154. The van der Waals surface area contributed by atoms with Crippen LogP contribution < -0.4 is 0 Å². The van der Waals surface area contributed by atoms with Gasteiger partial charge in [0.15, 0.2) is 0 Å². The van der Waals surface area contributed by atoms with Crippen LogP contribution in [0.2, 0.25) is 0 Å². The minimum Gasteiger partial charge on any atom is -0.457 e. The Morgan fingerprint density at radius 2 is 1.00 bits per heavy atom. The third-order valence-corrected chi connectivity index (χ3v) is 10.5. The number of allylic oxidation sites excluding steroid dienone is 14. The fourth-order valence-corrected chi connectivity index (χ4v) is 6.98. The fourth-order valence-electron chi connectivity index (χ4n) is 6.01. The van der Waals surface area contributed by atoms with Crippen molar-refractivity contribution in [1.29, 1.82) is 0 Å². The van der Waals surface area contributed by atoms with E-state index in [4.69, 9.17) is 18.5 Å². The van der Waals surface area contributed by atoms with E-state index >= 15 is 0 Å². The van der Waals surface area contributed by atoms with E-state index in [0.717, 1.165) is 83.5 Å². The first kappa shape index (κ1) is 54.5. The van der Waals surface area contributed by atoms with Gasteiger partial charge in [0.1, 0.15) is 42.7 Å². The van der Waals surface area contributed by atoms with E-state index in [1.807, 2.05) is 0 Å². The maximum absolute atomic E-state index is 12.8. The van der Waals surface area contributed by atoms with Gasteiger partial charge in [0.05, 0.1) is 13.2 Å². The molecule has 59 heavy (non-hydrogen) atoms. The van der Waals surface area contributed by atoms with Gasteiger partial charge in [-0.25, -0.2) is 4.57 Å². The number of hydrogen-bond acceptors (Lipinski definition) is 11. The first-order valence-electron chi connectivity index (χ1n) is 21.9. The number of aliphatic hydroxyl groups excluding tert-OH is 5. The van der Waals surface area contributed by atoms with Crippen LogP contribution in [0, 0.1) is 0 Å². The standard InChI is InChI=1S/C46H77O12P/c1-3-5-7-9-11-13-15-17-18-19-20-21-22-23-24-26-28-30-32-34-36-55-37-39(57-40(47)35-33-31-29-27-25-16-14-12-10-8-6-4-2)38-56-59(53,54)58-46-44(51)42(49)41(48)43(50)45(46)52/h5,7,11-14,17-18,20-21,23-24,28,30,39,41-46,48-52H,3-4,6,8-10,15-16,19,22,25-27,29,31-38H2,1-2H3,(H,53,54)/b7-5-,13-11-,14-12-,18-17-,21-20-,24-23-,30-28-. The highest BCUT2D eigenvalue weighted by Gasteiger charge is 2.51. The molecule has 1 aliphatic rings. The molecule has 0 radical (unpaired) electrons. The number of unbranched alkanes of at least 4 members (excludes halogenated alkanes) is 9. The number of carbonyl (C=O) groups excluding carboxylic acids is 1. The second-order valence-electron chi connectivity index (χ2n) is 14.8. The van der Waals surface area contributed by atoms with Crippen molar-refractivity contribution in [1.82, 2.24) is 0 Å². The summed E-state index contributed by atoms with van der Waals surface area (Å²) in [5, 5.41) is 50.1. The van der Waals surface area contributed by atoms with Crippen molar-refractivity contribution in [3.05, 3.63) is 85.1 Å². The highest BCUT2D eigenvalue weighted by molar-refractivity contribution is 7.47. The second-order valence-corrected chi connectivity index (χ2v) is 16.2. The van der Waals surface area contributed by atoms with Crippen LogP contribution in [0.1, 0.15) is 136 Å². The predicted molar refractivity (Wildman–Crippen MR) is 234 cm³/mol. The van der Waals surface area contributed by atoms with E-state index in [9.17, 15) is 39.8 Å². The second kappa shape index (κ2) is 36.2. The summed E-state index contributed by atoms with van der Waals surface area (Å²) in [5.74, 6) is -0.512. The van der Waals surface area contributed by atoms with Gasteiger partial charge in [-0.3, -0.25) is 13.8 Å². The van der Waals surface area contributed by atoms with E-state index in [1.54, 1.807) is 0 Å². The molecule has 0 aromatic rings. The molecule has 1 aliphatic carbocycles. The van der Waals surface area contributed by atoms with Crippen molar-refractivity contribution in [2.24, 2.45) is 0 Å². The lowest BCUT2D eigenvalue weighted by Crippen LogP contribution is -2.64. The molecule has 1 rings (SSSR count). The lowest BCUT2D eigenvalue weighted by molar-refractivity contribution is -0.220. The minimum atomic E-state index is -5.04. The molecule has 12 nitrogen and oxygen atoms in total. The highest BCUT2D eigenvalue weighted by atomic mass is 31.2. The van der Waals surface area contributed by atoms with E-state index in [-0.39, 0.29) is 13.0 Å². The third-order valence-electron chi connectivity index (χ3n) is 9.50. The Bertz CT molecular complexity index is 1290. The van der Waals surface area contributed by atoms with Crippen molar-refractivity contribution in [3.8, 4) is 0 Å². The van der Waals surface area contributed by atoms with Gasteiger partial charge in [0.25, 0.3) is 0 Å². The Kier molecular flexibility index (Phi) is 33.5. The molecule has 0 aromatic heterocycles. The van der Waals surface area contributed by atoms with Crippen LogP contribution in [-0.2, 0) is 27.9 Å². The molecule has 0 heterocycles. The van der Waals surface area contributed by atoms with E-state index in [2.05, 4.69) is 98.9 Å². The van der Waals surface area contributed by atoms with Gasteiger partial charge in [-0.05, 0) is 83.5 Å². The molecule has 1 fully saturated rings. The molecule has 1 saturated carbocycles. The number of phosphoric acid groups is 1. The Morgan fingerprint density at radius 3 is 1.54 bits per heavy atom. The van der Waals surface area contributed by atoms with Gasteiger partial charge < -0.3 is 39.9 Å². The Morgan fingerprint density at radius 1 is 0.559 bits per heavy atom. The molecule has 6 unspecified atom stereocenters. The Hall–Kier alpha value is -2.48. The zero-order valence-corrected chi connectivity index (χ0v) is 36.7. The summed E-state index contributed by atoms with van der Waals surface area (Å²) in [6, 6.07) is 0. The van der Waals surface area contributed by atoms with Gasteiger partial charge in [-0.2, -0.15) is 0 Å². The van der Waals surface area contributed by atoms with Gasteiger partial charge in [-0.1, -0.05) is 131 Å². The van der Waals surface area contributed by atoms with Crippen LogP contribution in [0.15, 0.2) is 85.1 Å². The van der Waals surface area contributed by atoms with Crippen molar-refractivity contribution < 1.29 is 58.3 Å². The number of rotatable bonds is 35. The monoisotopic (exact) mass is 853 g/mol. The van der Waals surface area contributed by atoms with Crippen molar-refractivity contribution >= 4 is 13.8 Å².